The predicted molar refractivity (Wildman–Crippen MR) is 209 cm³/mol. The number of ether oxygens (including phenoxy) is 3. The summed E-state index contributed by atoms with van der Waals surface area (Å²) in [5.74, 6) is -2.11. The molecule has 6 rings (SSSR count). The third-order valence-corrected chi connectivity index (χ3v) is 13.8. The van der Waals surface area contributed by atoms with Crippen molar-refractivity contribution in [1.82, 2.24) is 25.2 Å². The van der Waals surface area contributed by atoms with Crippen LogP contribution in [0, 0.1) is 17.3 Å². The van der Waals surface area contributed by atoms with Crippen LogP contribution in [-0.2, 0) is 29.2 Å². The molecule has 0 spiro atoms. The van der Waals surface area contributed by atoms with Crippen LogP contribution in [0.1, 0.15) is 85.5 Å². The first-order valence-corrected chi connectivity index (χ1v) is 21.4. The highest BCUT2D eigenvalue weighted by atomic mass is 79.9. The van der Waals surface area contributed by atoms with E-state index in [1.54, 1.807) is 25.3 Å². The molecule has 3 N–H and O–H groups in total. The number of aromatic nitrogens is 1. The molecule has 0 bridgehead atoms. The molecular weight excluding hydrogens is 794 g/mol. The molecule has 55 heavy (non-hydrogen) atoms. The number of pyridine rings is 1. The summed E-state index contributed by atoms with van der Waals surface area (Å²) in [7, 11) is -2.35. The number of sulfonamides is 1. The molecule has 2 aromatic rings. The second-order valence-electron chi connectivity index (χ2n) is 16.2. The number of carbonyl (C=O) groups is 4. The largest absolute Gasteiger partial charge is 0.495 e. The van der Waals surface area contributed by atoms with Gasteiger partial charge in [-0.05, 0) is 72.5 Å². The topological polar surface area (TPSA) is 182 Å². The van der Waals surface area contributed by atoms with Gasteiger partial charge in [-0.2, -0.15) is 0 Å². The van der Waals surface area contributed by atoms with Crippen LogP contribution in [0.15, 0.2) is 35.3 Å². The molecule has 4 aliphatic rings. The highest BCUT2D eigenvalue weighted by Crippen LogP contribution is 2.46. The van der Waals surface area contributed by atoms with Crippen molar-refractivity contribution >= 4 is 60.5 Å². The van der Waals surface area contributed by atoms with Gasteiger partial charge < -0.3 is 29.7 Å². The van der Waals surface area contributed by atoms with Gasteiger partial charge in [-0.25, -0.2) is 13.4 Å². The Morgan fingerprint density at radius 1 is 1.13 bits per heavy atom. The highest BCUT2D eigenvalue weighted by Gasteiger charge is 2.62. The number of carbonyl (C=O) groups excluding carboxylic acids is 4. The molecule has 16 heteroatoms. The molecular formula is C39H52BrN5O9S. The van der Waals surface area contributed by atoms with Crippen molar-refractivity contribution in [1.29, 1.82) is 0 Å². The first-order chi connectivity index (χ1) is 26.0. The van der Waals surface area contributed by atoms with Gasteiger partial charge in [0.1, 0.15) is 29.2 Å². The average Bonchev–Trinajstić information content (AvgIpc) is 4.01. The van der Waals surface area contributed by atoms with Crippen LogP contribution in [0.3, 0.4) is 0 Å². The minimum absolute atomic E-state index is 0.000997. The molecule has 1 aliphatic heterocycles. The smallest absolute Gasteiger partial charge is 0.259 e. The van der Waals surface area contributed by atoms with E-state index in [0.29, 0.717) is 52.2 Å². The molecule has 4 amide bonds. The van der Waals surface area contributed by atoms with E-state index in [-0.39, 0.29) is 37.8 Å². The van der Waals surface area contributed by atoms with Gasteiger partial charge in [-0.15, -0.1) is 6.58 Å². The number of halogens is 1. The van der Waals surface area contributed by atoms with Crippen LogP contribution in [0.25, 0.3) is 10.9 Å². The lowest BCUT2D eigenvalue weighted by Crippen LogP contribution is -2.57. The molecule has 3 saturated carbocycles. The average molecular weight is 847 g/mol. The Bertz CT molecular complexity index is 1960. The molecule has 0 radical (unpaired) electrons. The van der Waals surface area contributed by atoms with E-state index in [1.807, 2.05) is 27.7 Å². The van der Waals surface area contributed by atoms with Crippen molar-refractivity contribution < 1.29 is 41.8 Å². The number of hydrogen-bond acceptors (Lipinski definition) is 10. The highest BCUT2D eigenvalue weighted by molar-refractivity contribution is 9.10. The lowest BCUT2D eigenvalue weighted by molar-refractivity contribution is -0.147. The number of hydrogen-bond donors (Lipinski definition) is 3. The number of nitrogens with zero attached hydrogens (tertiary/aromatic N) is 2. The molecule has 2 heterocycles. The van der Waals surface area contributed by atoms with E-state index < -0.39 is 67.9 Å². The van der Waals surface area contributed by atoms with Crippen LogP contribution >= 0.6 is 15.9 Å². The fraction of sp³-hybridized carbons (Fsp3) is 0.615. The number of likely N-dealkylation sites (tertiary alicyclic amines) is 1. The Labute approximate surface area is 331 Å². The van der Waals surface area contributed by atoms with E-state index in [0.717, 1.165) is 25.7 Å². The van der Waals surface area contributed by atoms with Crippen molar-refractivity contribution in [3.8, 4) is 17.4 Å². The maximum atomic E-state index is 14.7. The quantitative estimate of drug-likeness (QED) is 0.216. The SMILES string of the molecule is C=C[C@@H]1C[C@]1(NC(=O)[C@H]1C[C@@H](Oc2cc(OCC)nc3c(Br)c(OC)ccc23)CN1C(=O)[C@@H](CC(=O)NC1CCCC1)C(C)(C)C)C(=O)NS(=O)(=O)C1CC1. The summed E-state index contributed by atoms with van der Waals surface area (Å²) in [6, 6.07) is 4.20. The Morgan fingerprint density at radius 2 is 1.84 bits per heavy atom. The fourth-order valence-electron chi connectivity index (χ4n) is 7.74. The zero-order valence-corrected chi connectivity index (χ0v) is 34.5. The minimum atomic E-state index is -3.90. The van der Waals surface area contributed by atoms with Crippen molar-refractivity contribution in [2.45, 2.75) is 114 Å². The van der Waals surface area contributed by atoms with Crippen molar-refractivity contribution in [2.75, 3.05) is 20.3 Å². The molecule has 300 valence electrons. The van der Waals surface area contributed by atoms with Gasteiger partial charge in [0.15, 0.2) is 0 Å². The maximum absolute atomic E-state index is 14.7. The van der Waals surface area contributed by atoms with E-state index in [2.05, 4.69) is 42.8 Å². The molecule has 1 aromatic carbocycles. The van der Waals surface area contributed by atoms with Gasteiger partial charge in [0.25, 0.3) is 5.91 Å². The summed E-state index contributed by atoms with van der Waals surface area (Å²) >= 11 is 3.58. The molecule has 3 aliphatic carbocycles. The molecule has 14 nitrogen and oxygen atoms in total. The molecule has 1 aromatic heterocycles. The molecule has 1 saturated heterocycles. The number of amides is 4. The first kappa shape index (κ1) is 40.7. The van der Waals surface area contributed by atoms with Gasteiger partial charge in [-0.1, -0.05) is 39.7 Å². The fourth-order valence-corrected chi connectivity index (χ4v) is 9.70. The Balaban J connectivity index is 1.31. The van der Waals surface area contributed by atoms with Crippen molar-refractivity contribution in [3.05, 3.63) is 35.3 Å². The van der Waals surface area contributed by atoms with Crippen LogP contribution in [0.5, 0.6) is 17.4 Å². The zero-order valence-electron chi connectivity index (χ0n) is 32.1. The lowest BCUT2D eigenvalue weighted by atomic mass is 9.77. The zero-order chi connectivity index (χ0) is 39.9. The van der Waals surface area contributed by atoms with Gasteiger partial charge in [0, 0.05) is 36.3 Å². The summed E-state index contributed by atoms with van der Waals surface area (Å²) in [6.07, 6.45) is 5.75. The number of nitrogens with one attached hydrogen (secondary N) is 3. The van der Waals surface area contributed by atoms with E-state index in [1.165, 1.54) is 11.0 Å². The van der Waals surface area contributed by atoms with Gasteiger partial charge in [-0.3, -0.25) is 23.9 Å². The maximum Gasteiger partial charge on any atom is 0.259 e. The van der Waals surface area contributed by atoms with Gasteiger partial charge >= 0.3 is 0 Å². The number of benzene rings is 1. The Hall–Kier alpha value is -3.92. The Kier molecular flexibility index (Phi) is 11.8. The third-order valence-electron chi connectivity index (χ3n) is 11.2. The number of methoxy groups -OCH3 is 1. The predicted octanol–water partition coefficient (Wildman–Crippen LogP) is 4.53. The van der Waals surface area contributed by atoms with Crippen LogP contribution in [0.4, 0.5) is 0 Å². The lowest BCUT2D eigenvalue weighted by Gasteiger charge is -2.35. The van der Waals surface area contributed by atoms with Crippen molar-refractivity contribution in [3.63, 3.8) is 0 Å². The van der Waals surface area contributed by atoms with Crippen LogP contribution in [0.2, 0.25) is 0 Å². The second kappa shape index (κ2) is 15.9. The van der Waals surface area contributed by atoms with E-state index in [4.69, 9.17) is 14.2 Å². The van der Waals surface area contributed by atoms with Crippen molar-refractivity contribution in [2.24, 2.45) is 17.3 Å². The molecule has 0 unspecified atom stereocenters. The van der Waals surface area contributed by atoms with Crippen LogP contribution in [-0.4, -0.2) is 91.2 Å². The van der Waals surface area contributed by atoms with Gasteiger partial charge in [0.05, 0.1) is 41.4 Å². The standard InChI is InChI=1S/C39H52BrN5O9S/c1-7-22-20-39(22,37(49)44-55(50,51)25-13-14-25)43-35(47)28-17-24(54-30-19-32(53-8-2)42-34-26(30)15-16-29(52-6)33(34)40)21-45(28)36(48)27(38(3,4)5)18-31(46)41-23-11-9-10-12-23/h7,15-16,19,22-25,27-28H,1,8-14,17-18,20-21H2,2-6H3,(H,41,46)(H,43,47)(H,44,49)/t22-,24-,27-,28-,39-/m1/s1. The molecule has 5 atom stereocenters. The summed E-state index contributed by atoms with van der Waals surface area (Å²) < 4.78 is 46.2. The minimum Gasteiger partial charge on any atom is -0.495 e. The third kappa shape index (κ3) is 8.74. The van der Waals surface area contributed by atoms with E-state index >= 15 is 0 Å². The summed E-state index contributed by atoms with van der Waals surface area (Å²) in [4.78, 5) is 62.2. The normalized spacial score (nSPS) is 24.5. The summed E-state index contributed by atoms with van der Waals surface area (Å²) in [6.45, 7) is 11.6. The molecule has 4 fully saturated rings. The number of rotatable bonds is 15. The second-order valence-corrected chi connectivity index (χ2v) is 19.0. The Morgan fingerprint density at radius 3 is 2.44 bits per heavy atom. The number of fused-ring (bicyclic) bond motifs is 1. The first-order valence-electron chi connectivity index (χ1n) is 19.1. The monoisotopic (exact) mass is 845 g/mol. The summed E-state index contributed by atoms with van der Waals surface area (Å²) in [5, 5.41) is 5.93. The van der Waals surface area contributed by atoms with Crippen LogP contribution < -0.4 is 29.6 Å². The van der Waals surface area contributed by atoms with Gasteiger partial charge in [0.2, 0.25) is 33.6 Å². The summed E-state index contributed by atoms with van der Waals surface area (Å²) in [5.41, 5.74) is -1.68. The van der Waals surface area contributed by atoms with E-state index in [9.17, 15) is 27.6 Å².